The number of ether oxygens (including phenoxy) is 1. The molecule has 0 spiro atoms. The van der Waals surface area contributed by atoms with Gasteiger partial charge < -0.3 is 19.9 Å². The molecule has 4 heterocycles. The molecular formula is C27H26F3N7O2. The van der Waals surface area contributed by atoms with Gasteiger partial charge in [-0.1, -0.05) is 18.2 Å². The number of H-pyrrole nitrogens is 1. The highest BCUT2D eigenvalue weighted by atomic mass is 19.3. The summed E-state index contributed by atoms with van der Waals surface area (Å²) in [6.07, 6.45) is -1.36. The number of piperazine rings is 1. The normalized spacial score (nSPS) is 17.5. The van der Waals surface area contributed by atoms with Crippen molar-refractivity contribution in [3.8, 4) is 5.75 Å². The number of hydrogen-bond acceptors (Lipinski definition) is 7. The van der Waals surface area contributed by atoms with Crippen LogP contribution in [0.4, 0.5) is 24.7 Å². The first kappa shape index (κ1) is 25.0. The summed E-state index contributed by atoms with van der Waals surface area (Å²) in [5, 5.41) is 10.5. The third-order valence-electron chi connectivity index (χ3n) is 7.24. The van der Waals surface area contributed by atoms with E-state index in [1.54, 1.807) is 31.0 Å². The maximum atomic E-state index is 14.8. The summed E-state index contributed by atoms with van der Waals surface area (Å²) in [7, 11) is 0. The molecule has 12 heteroatoms. The number of amides is 1. The van der Waals surface area contributed by atoms with Crippen molar-refractivity contribution in [3.63, 3.8) is 0 Å². The number of nitrogens with zero attached hydrogens (tertiary/aromatic N) is 5. The first-order valence-electron chi connectivity index (χ1n) is 12.6. The van der Waals surface area contributed by atoms with Gasteiger partial charge in [-0.2, -0.15) is 5.10 Å². The summed E-state index contributed by atoms with van der Waals surface area (Å²) in [6, 6.07) is 8.74. The predicted molar refractivity (Wildman–Crippen MR) is 139 cm³/mol. The van der Waals surface area contributed by atoms with Crippen molar-refractivity contribution in [2.24, 2.45) is 0 Å². The van der Waals surface area contributed by atoms with Gasteiger partial charge in [0.25, 0.3) is 12.3 Å². The Morgan fingerprint density at radius 3 is 2.77 bits per heavy atom. The SMILES string of the molecule is Cc1nc(N[C@H](C)c2cccc(C(F)F)c2F)c2cc3c(cc2n1)OC[C@H]1CN(C(=O)c2ccn[nH]2)CCN31. The smallest absolute Gasteiger partial charge is 0.271 e. The summed E-state index contributed by atoms with van der Waals surface area (Å²) in [5.74, 6) is 0.603. The number of anilines is 2. The highest BCUT2D eigenvalue weighted by Crippen LogP contribution is 2.40. The number of nitrogens with one attached hydrogen (secondary N) is 2. The minimum absolute atomic E-state index is 0.0524. The second-order valence-electron chi connectivity index (χ2n) is 9.75. The van der Waals surface area contributed by atoms with Crippen LogP contribution in [0, 0.1) is 12.7 Å². The third kappa shape index (κ3) is 4.49. The fourth-order valence-electron chi connectivity index (χ4n) is 5.30. The molecule has 2 atom stereocenters. The number of halogens is 3. The van der Waals surface area contributed by atoms with Gasteiger partial charge >= 0.3 is 0 Å². The maximum Gasteiger partial charge on any atom is 0.271 e. The van der Waals surface area contributed by atoms with Crippen molar-refractivity contribution in [2.75, 3.05) is 36.5 Å². The lowest BCUT2D eigenvalue weighted by molar-refractivity contribution is 0.0690. The minimum atomic E-state index is -2.91. The minimum Gasteiger partial charge on any atom is -0.489 e. The van der Waals surface area contributed by atoms with Gasteiger partial charge in [0, 0.05) is 42.8 Å². The third-order valence-corrected chi connectivity index (χ3v) is 7.24. The van der Waals surface area contributed by atoms with Crippen LogP contribution in [-0.2, 0) is 0 Å². The molecule has 2 aliphatic heterocycles. The molecule has 2 aliphatic rings. The molecule has 1 fully saturated rings. The standard InChI is InChI=1S/C27H26F3N7O2/c1-14(17-4-3-5-18(24(17)28)25(29)30)32-26-19-10-22-23(11-21(19)33-15(2)34-26)39-13-16-12-36(8-9-37(16)22)27(38)20-6-7-31-35-20/h3-7,10-11,14,16,25H,8-9,12-13H2,1-2H3,(H,31,35)(H,32,33,34)/t14-,16-/m1/s1. The lowest BCUT2D eigenvalue weighted by Crippen LogP contribution is -2.58. The largest absolute Gasteiger partial charge is 0.489 e. The number of rotatable bonds is 5. The summed E-state index contributed by atoms with van der Waals surface area (Å²) in [4.78, 5) is 26.0. The average Bonchev–Trinajstić information content (AvgIpc) is 3.46. The molecule has 2 N–H and O–H groups in total. The van der Waals surface area contributed by atoms with E-state index in [0.717, 1.165) is 11.8 Å². The Bertz CT molecular complexity index is 1550. The molecule has 1 saturated heterocycles. The van der Waals surface area contributed by atoms with E-state index in [-0.39, 0.29) is 17.5 Å². The Kier molecular flexibility index (Phi) is 6.24. The Hall–Kier alpha value is -4.35. The van der Waals surface area contributed by atoms with E-state index in [2.05, 4.69) is 30.4 Å². The highest BCUT2D eigenvalue weighted by Gasteiger charge is 2.35. The van der Waals surface area contributed by atoms with Gasteiger partial charge in [0.1, 0.15) is 35.5 Å². The van der Waals surface area contributed by atoms with E-state index < -0.39 is 23.8 Å². The van der Waals surface area contributed by atoms with E-state index in [4.69, 9.17) is 4.74 Å². The molecule has 0 bridgehead atoms. The van der Waals surface area contributed by atoms with Crippen LogP contribution in [0.3, 0.4) is 0 Å². The number of aryl methyl sites for hydroxylation is 1. The van der Waals surface area contributed by atoms with Gasteiger partial charge in [0.05, 0.1) is 28.9 Å². The monoisotopic (exact) mass is 537 g/mol. The van der Waals surface area contributed by atoms with Crippen LogP contribution in [0.5, 0.6) is 5.75 Å². The van der Waals surface area contributed by atoms with Crippen molar-refractivity contribution in [1.82, 2.24) is 25.1 Å². The molecule has 9 nitrogen and oxygen atoms in total. The van der Waals surface area contributed by atoms with Crippen LogP contribution in [-0.4, -0.2) is 63.3 Å². The summed E-state index contributed by atoms with van der Waals surface area (Å²) >= 11 is 0. The van der Waals surface area contributed by atoms with Crippen LogP contribution in [0.25, 0.3) is 10.9 Å². The van der Waals surface area contributed by atoms with E-state index in [9.17, 15) is 18.0 Å². The zero-order chi connectivity index (χ0) is 27.3. The van der Waals surface area contributed by atoms with E-state index in [0.29, 0.717) is 60.2 Å². The number of aromatic nitrogens is 4. The number of carbonyl (C=O) groups excluding carboxylic acids is 1. The molecular weight excluding hydrogens is 511 g/mol. The van der Waals surface area contributed by atoms with Crippen LogP contribution in [0.15, 0.2) is 42.6 Å². The zero-order valence-electron chi connectivity index (χ0n) is 21.3. The molecule has 0 unspecified atom stereocenters. The molecule has 2 aromatic heterocycles. The molecule has 2 aromatic carbocycles. The Morgan fingerprint density at radius 1 is 1.18 bits per heavy atom. The lowest BCUT2D eigenvalue weighted by atomic mass is 10.0. The van der Waals surface area contributed by atoms with Crippen LogP contribution in [0.1, 0.15) is 46.8 Å². The molecule has 1 amide bonds. The second kappa shape index (κ2) is 9.75. The first-order chi connectivity index (χ1) is 18.8. The predicted octanol–water partition coefficient (Wildman–Crippen LogP) is 4.63. The maximum absolute atomic E-state index is 14.8. The van der Waals surface area contributed by atoms with Gasteiger partial charge in [0.15, 0.2) is 0 Å². The van der Waals surface area contributed by atoms with Crippen molar-refractivity contribution >= 4 is 28.3 Å². The molecule has 202 valence electrons. The molecule has 39 heavy (non-hydrogen) atoms. The fourth-order valence-corrected chi connectivity index (χ4v) is 5.30. The van der Waals surface area contributed by atoms with Gasteiger partial charge in [0.2, 0.25) is 0 Å². The van der Waals surface area contributed by atoms with Gasteiger partial charge in [-0.25, -0.2) is 23.1 Å². The van der Waals surface area contributed by atoms with E-state index in [1.165, 1.54) is 12.1 Å². The number of fused-ring (bicyclic) bond motifs is 4. The topological polar surface area (TPSA) is 99.3 Å². The summed E-state index contributed by atoms with van der Waals surface area (Å²) in [6.45, 7) is 5.48. The Balaban J connectivity index is 1.31. The van der Waals surface area contributed by atoms with Crippen molar-refractivity contribution in [2.45, 2.75) is 32.4 Å². The van der Waals surface area contributed by atoms with Crippen molar-refractivity contribution < 1.29 is 22.7 Å². The number of carbonyl (C=O) groups is 1. The summed E-state index contributed by atoms with van der Waals surface area (Å²) in [5.41, 5.74) is 1.43. The van der Waals surface area contributed by atoms with Crippen LogP contribution in [0.2, 0.25) is 0 Å². The molecule has 4 aromatic rings. The first-order valence-corrected chi connectivity index (χ1v) is 12.6. The van der Waals surface area contributed by atoms with Crippen LogP contribution < -0.4 is 15.0 Å². The van der Waals surface area contributed by atoms with E-state index in [1.807, 2.05) is 12.1 Å². The summed E-state index contributed by atoms with van der Waals surface area (Å²) < 4.78 is 47.5. The van der Waals surface area contributed by atoms with Gasteiger partial charge in [-0.3, -0.25) is 9.89 Å². The van der Waals surface area contributed by atoms with Gasteiger partial charge in [-0.05, 0) is 26.0 Å². The number of benzene rings is 2. The Morgan fingerprint density at radius 2 is 2.00 bits per heavy atom. The number of aromatic amines is 1. The number of hydrogen-bond donors (Lipinski definition) is 2. The molecule has 0 radical (unpaired) electrons. The number of alkyl halides is 2. The van der Waals surface area contributed by atoms with E-state index >= 15 is 0 Å². The van der Waals surface area contributed by atoms with Crippen molar-refractivity contribution in [1.29, 1.82) is 0 Å². The second-order valence-corrected chi connectivity index (χ2v) is 9.75. The molecule has 0 aliphatic carbocycles. The lowest BCUT2D eigenvalue weighted by Gasteiger charge is -2.45. The average molecular weight is 538 g/mol. The fraction of sp³-hybridized carbons (Fsp3) is 0.333. The van der Waals surface area contributed by atoms with Crippen molar-refractivity contribution in [3.05, 3.63) is 71.1 Å². The van der Waals surface area contributed by atoms with Crippen LogP contribution >= 0.6 is 0 Å². The zero-order valence-corrected chi connectivity index (χ0v) is 21.3. The highest BCUT2D eigenvalue weighted by molar-refractivity contribution is 5.95. The molecule has 6 rings (SSSR count). The van der Waals surface area contributed by atoms with Gasteiger partial charge in [-0.15, -0.1) is 0 Å². The Labute approximate surface area is 222 Å². The molecule has 0 saturated carbocycles. The quantitative estimate of drug-likeness (QED) is 0.383.